The Kier molecular flexibility index (Phi) is 15.1. The first-order chi connectivity index (χ1) is 11.7. The molecule has 1 atom stereocenters. The van der Waals surface area contributed by atoms with Crippen LogP contribution in [0.5, 0.6) is 0 Å². The first kappa shape index (κ1) is 27.4. The van der Waals surface area contributed by atoms with Crippen LogP contribution in [-0.4, -0.2) is 88.7 Å². The van der Waals surface area contributed by atoms with E-state index < -0.39 is 20.2 Å². The normalized spacial score (nSPS) is 16.4. The van der Waals surface area contributed by atoms with Gasteiger partial charge >= 0.3 is 0 Å². The summed E-state index contributed by atoms with van der Waals surface area (Å²) in [7, 11) is -7.33. The Balaban J connectivity index is 0. The second-order valence-electron chi connectivity index (χ2n) is 5.99. The molecule has 1 unspecified atom stereocenters. The third kappa shape index (κ3) is 31.0. The second kappa shape index (κ2) is 14.3. The fourth-order valence-electron chi connectivity index (χ4n) is 1.71. The number of carbonyl (C=O) groups is 1. The molecule has 0 aromatic rings. The van der Waals surface area contributed by atoms with Gasteiger partial charge in [-0.15, -0.1) is 0 Å². The van der Waals surface area contributed by atoms with E-state index >= 15 is 0 Å². The van der Waals surface area contributed by atoms with E-state index in [1.165, 1.54) is 0 Å². The van der Waals surface area contributed by atoms with Gasteiger partial charge < -0.3 is 10.1 Å². The number of hydrogen-bond acceptors (Lipinski definition) is 7. The van der Waals surface area contributed by atoms with Gasteiger partial charge in [0, 0.05) is 32.6 Å². The fraction of sp³-hybridized carbons (Fsp3) is 0.929. The summed E-state index contributed by atoms with van der Waals surface area (Å²) in [4.78, 5) is 13.8. The Morgan fingerprint density at radius 2 is 1.54 bits per heavy atom. The van der Waals surface area contributed by atoms with Gasteiger partial charge in [0.2, 0.25) is 5.91 Å². The van der Waals surface area contributed by atoms with Gasteiger partial charge in [-0.25, -0.2) is 0 Å². The van der Waals surface area contributed by atoms with Crippen LogP contribution >= 0.6 is 0 Å². The third-order valence-corrected chi connectivity index (χ3v) is 3.08. The maximum Gasteiger partial charge on any atom is 0.261 e. The maximum absolute atomic E-state index is 11.5. The van der Waals surface area contributed by atoms with Gasteiger partial charge in [-0.1, -0.05) is 20.3 Å². The van der Waals surface area contributed by atoms with Crippen molar-refractivity contribution in [1.82, 2.24) is 10.2 Å². The van der Waals surface area contributed by atoms with Crippen LogP contribution in [0.15, 0.2) is 0 Å². The van der Waals surface area contributed by atoms with Crippen LogP contribution in [0.3, 0.4) is 0 Å². The monoisotopic (exact) mass is 420 g/mol. The lowest BCUT2D eigenvalue weighted by Gasteiger charge is -2.26. The molecule has 0 spiro atoms. The number of nitrogens with zero attached hydrogens (tertiary/aromatic N) is 1. The van der Waals surface area contributed by atoms with E-state index in [4.69, 9.17) is 13.8 Å². The molecular formula is C14H32N2O8S2. The quantitative estimate of drug-likeness (QED) is 0.499. The molecule has 1 amide bonds. The van der Waals surface area contributed by atoms with Crippen LogP contribution in [-0.2, 0) is 29.8 Å². The number of carbonyl (C=O) groups excluding carboxylic acids is 1. The summed E-state index contributed by atoms with van der Waals surface area (Å²) in [6.45, 7) is 9.54. The van der Waals surface area contributed by atoms with E-state index in [1.807, 2.05) is 0 Å². The van der Waals surface area contributed by atoms with Crippen molar-refractivity contribution in [2.75, 3.05) is 51.9 Å². The largest absolute Gasteiger partial charge is 0.379 e. The molecule has 1 heterocycles. The van der Waals surface area contributed by atoms with E-state index in [9.17, 15) is 21.6 Å². The van der Waals surface area contributed by atoms with Gasteiger partial charge in [-0.05, 0) is 5.92 Å². The Bertz CT molecular complexity index is 526. The van der Waals surface area contributed by atoms with E-state index in [0.29, 0.717) is 24.9 Å². The summed E-state index contributed by atoms with van der Waals surface area (Å²) in [6, 6.07) is 0. The molecule has 3 N–H and O–H groups in total. The summed E-state index contributed by atoms with van der Waals surface area (Å²) in [6.07, 6.45) is 3.15. The number of ether oxygens (including phenoxy) is 1. The lowest BCUT2D eigenvalue weighted by molar-refractivity contribution is -0.122. The van der Waals surface area contributed by atoms with Crippen LogP contribution in [0.25, 0.3) is 0 Å². The predicted octanol–water partition coefficient (Wildman–Crippen LogP) is -0.121. The topological polar surface area (TPSA) is 150 Å². The summed E-state index contributed by atoms with van der Waals surface area (Å²) in [5.41, 5.74) is 0. The average Bonchev–Trinajstić information content (AvgIpc) is 2.44. The van der Waals surface area contributed by atoms with Gasteiger partial charge in [0.25, 0.3) is 20.2 Å². The van der Waals surface area contributed by atoms with Gasteiger partial charge in [0.15, 0.2) is 0 Å². The highest BCUT2D eigenvalue weighted by molar-refractivity contribution is 7.85. The maximum atomic E-state index is 11.5. The molecule has 12 heteroatoms. The third-order valence-electron chi connectivity index (χ3n) is 3.08. The molecule has 1 fully saturated rings. The first-order valence-electron chi connectivity index (χ1n) is 8.14. The first-order valence-corrected chi connectivity index (χ1v) is 11.8. The highest BCUT2D eigenvalue weighted by Crippen LogP contribution is 2.05. The Morgan fingerprint density at radius 1 is 1.12 bits per heavy atom. The predicted molar refractivity (Wildman–Crippen MR) is 99.3 cm³/mol. The van der Waals surface area contributed by atoms with E-state index in [2.05, 4.69) is 24.1 Å². The highest BCUT2D eigenvalue weighted by Gasteiger charge is 2.11. The minimum absolute atomic E-state index is 0.183. The SMILES string of the molecule is CCC(C)CC(=O)NCCN1CCOCC1.CS(=O)(=O)O.CS(=O)(=O)O. The molecule has 0 aromatic carbocycles. The molecule has 1 rings (SSSR count). The van der Waals surface area contributed by atoms with Crippen molar-refractivity contribution < 1.29 is 35.5 Å². The zero-order chi connectivity index (χ0) is 20.8. The van der Waals surface area contributed by atoms with Crippen molar-refractivity contribution in [2.24, 2.45) is 5.92 Å². The van der Waals surface area contributed by atoms with Crippen LogP contribution in [0.4, 0.5) is 0 Å². The lowest BCUT2D eigenvalue weighted by Crippen LogP contribution is -2.41. The number of nitrogens with one attached hydrogen (secondary N) is 1. The summed E-state index contributed by atoms with van der Waals surface area (Å²) in [5, 5.41) is 2.97. The van der Waals surface area contributed by atoms with Crippen molar-refractivity contribution in [3.05, 3.63) is 0 Å². The van der Waals surface area contributed by atoms with E-state index in [-0.39, 0.29) is 5.91 Å². The number of hydrogen-bond donors (Lipinski definition) is 3. The molecule has 26 heavy (non-hydrogen) atoms. The van der Waals surface area contributed by atoms with Gasteiger partial charge in [0.05, 0.1) is 25.7 Å². The molecular weight excluding hydrogens is 388 g/mol. The van der Waals surface area contributed by atoms with E-state index in [0.717, 1.165) is 45.8 Å². The minimum atomic E-state index is -3.67. The molecule has 0 radical (unpaired) electrons. The molecule has 0 bridgehead atoms. The Labute approximate surface area is 156 Å². The van der Waals surface area contributed by atoms with Crippen LogP contribution in [0, 0.1) is 5.92 Å². The van der Waals surface area contributed by atoms with Crippen LogP contribution < -0.4 is 5.32 Å². The molecule has 1 aliphatic heterocycles. The van der Waals surface area contributed by atoms with Crippen molar-refractivity contribution in [2.45, 2.75) is 26.7 Å². The number of amides is 1. The molecule has 158 valence electrons. The standard InChI is InChI=1S/C12H24N2O2.2CH4O3S/c1-3-11(2)10-12(15)13-4-5-14-6-8-16-9-7-14;2*1-5(2,3)4/h11H,3-10H2,1-2H3,(H,13,15);2*1H3,(H,2,3,4). The molecule has 1 aliphatic rings. The average molecular weight is 421 g/mol. The van der Waals surface area contributed by atoms with Gasteiger partial charge in [0.1, 0.15) is 0 Å². The van der Waals surface area contributed by atoms with Crippen molar-refractivity contribution in [3.63, 3.8) is 0 Å². The zero-order valence-corrected chi connectivity index (χ0v) is 17.5. The smallest absolute Gasteiger partial charge is 0.261 e. The van der Waals surface area contributed by atoms with Crippen LogP contribution in [0.2, 0.25) is 0 Å². The van der Waals surface area contributed by atoms with Gasteiger partial charge in [-0.3, -0.25) is 18.8 Å². The van der Waals surface area contributed by atoms with Crippen molar-refractivity contribution >= 4 is 26.1 Å². The second-order valence-corrected chi connectivity index (χ2v) is 8.92. The summed E-state index contributed by atoms with van der Waals surface area (Å²) >= 11 is 0. The molecule has 0 aromatic heterocycles. The molecule has 10 nitrogen and oxygen atoms in total. The molecule has 0 aliphatic carbocycles. The number of morpholine rings is 1. The summed E-state index contributed by atoms with van der Waals surface area (Å²) < 4.78 is 57.0. The highest BCUT2D eigenvalue weighted by atomic mass is 32.2. The fourth-order valence-corrected chi connectivity index (χ4v) is 1.71. The van der Waals surface area contributed by atoms with Crippen molar-refractivity contribution in [3.8, 4) is 0 Å². The van der Waals surface area contributed by atoms with Gasteiger partial charge in [-0.2, -0.15) is 16.8 Å². The van der Waals surface area contributed by atoms with Crippen molar-refractivity contribution in [1.29, 1.82) is 0 Å². The Hall–Kier alpha value is -0.790. The lowest BCUT2D eigenvalue weighted by atomic mass is 10.1. The number of rotatable bonds is 6. The molecule has 0 saturated carbocycles. The minimum Gasteiger partial charge on any atom is -0.379 e. The summed E-state index contributed by atoms with van der Waals surface area (Å²) in [5.74, 6) is 0.672. The van der Waals surface area contributed by atoms with Crippen LogP contribution in [0.1, 0.15) is 26.7 Å². The Morgan fingerprint density at radius 3 is 1.92 bits per heavy atom. The van der Waals surface area contributed by atoms with E-state index in [1.54, 1.807) is 0 Å². The molecule has 1 saturated heterocycles. The zero-order valence-electron chi connectivity index (χ0n) is 15.8.